The average molecular weight is 873 g/mol. The highest BCUT2D eigenvalue weighted by Crippen LogP contribution is 2.57. The minimum atomic E-state index is -0.874. The number of halogens is 3. The van der Waals surface area contributed by atoms with Crippen LogP contribution in [-0.4, -0.2) is 42.5 Å². The summed E-state index contributed by atoms with van der Waals surface area (Å²) in [5, 5.41) is 0. The molecular formula is C40H41Br3O7. The number of ether oxygens (including phenoxy) is 3. The van der Waals surface area contributed by atoms with E-state index in [1.165, 1.54) is 0 Å². The van der Waals surface area contributed by atoms with E-state index in [2.05, 4.69) is 80.7 Å². The minimum Gasteiger partial charge on any atom is -0.462 e. The highest BCUT2D eigenvalue weighted by Gasteiger charge is 2.59. The molecule has 3 aromatic carbocycles. The van der Waals surface area contributed by atoms with Crippen LogP contribution in [0.2, 0.25) is 0 Å². The van der Waals surface area contributed by atoms with Crippen molar-refractivity contribution in [3.63, 3.8) is 0 Å². The van der Waals surface area contributed by atoms with Gasteiger partial charge in [0.05, 0.1) is 23.3 Å². The lowest BCUT2D eigenvalue weighted by atomic mass is 9.49. The number of esters is 3. The molecule has 1 fully saturated rings. The van der Waals surface area contributed by atoms with E-state index in [9.17, 15) is 19.2 Å². The molecule has 50 heavy (non-hydrogen) atoms. The SMILES string of the molecule is CC[C@@H](C)[C@H]1C=C[C@H]2[C@H](OC(=O)c3ccc(Br)cc3)[C@@H](OC(=O)c3ccc(Br)cc3)C[C@@H](C)[C@@H]2[C@@]1(C)C(=O)CCOC(=O)c1ccc(Br)cc1. The van der Waals surface area contributed by atoms with Crippen LogP contribution in [0.5, 0.6) is 0 Å². The number of hydrogen-bond donors (Lipinski definition) is 0. The summed E-state index contributed by atoms with van der Waals surface area (Å²) in [6.07, 6.45) is 3.86. The Labute approximate surface area is 318 Å². The van der Waals surface area contributed by atoms with E-state index < -0.39 is 41.4 Å². The topological polar surface area (TPSA) is 96.0 Å². The molecule has 8 atom stereocenters. The lowest BCUT2D eigenvalue weighted by Crippen LogP contribution is -2.59. The first kappa shape index (κ1) is 38.2. The molecule has 0 spiro atoms. The fourth-order valence-corrected chi connectivity index (χ4v) is 8.58. The smallest absolute Gasteiger partial charge is 0.338 e. The summed E-state index contributed by atoms with van der Waals surface area (Å²) < 4.78 is 20.5. The summed E-state index contributed by atoms with van der Waals surface area (Å²) in [5.74, 6) is -2.22. The first-order valence-electron chi connectivity index (χ1n) is 16.9. The van der Waals surface area contributed by atoms with Crippen LogP contribution in [0.25, 0.3) is 0 Å². The molecule has 0 aromatic heterocycles. The maximum absolute atomic E-state index is 14.5. The molecular weight excluding hydrogens is 832 g/mol. The quantitative estimate of drug-likeness (QED) is 0.108. The van der Waals surface area contributed by atoms with Crippen molar-refractivity contribution < 1.29 is 33.4 Å². The van der Waals surface area contributed by atoms with Gasteiger partial charge in [0.25, 0.3) is 0 Å². The van der Waals surface area contributed by atoms with E-state index in [1.807, 2.05) is 6.92 Å². The van der Waals surface area contributed by atoms with Gasteiger partial charge >= 0.3 is 17.9 Å². The Morgan fingerprint density at radius 3 is 1.74 bits per heavy atom. The van der Waals surface area contributed by atoms with Gasteiger partial charge in [0.2, 0.25) is 0 Å². The van der Waals surface area contributed by atoms with E-state index in [1.54, 1.807) is 72.8 Å². The average Bonchev–Trinajstić information content (AvgIpc) is 3.10. The number of allylic oxidation sites excluding steroid dienone is 1. The molecule has 0 heterocycles. The second kappa shape index (κ2) is 16.5. The molecule has 0 unspecified atom stereocenters. The van der Waals surface area contributed by atoms with Crippen molar-refractivity contribution in [2.24, 2.45) is 35.0 Å². The summed E-state index contributed by atoms with van der Waals surface area (Å²) in [4.78, 5) is 54.4. The van der Waals surface area contributed by atoms with Gasteiger partial charge in [-0.1, -0.05) is 94.1 Å². The number of rotatable bonds is 11. The van der Waals surface area contributed by atoms with Crippen LogP contribution >= 0.6 is 47.8 Å². The zero-order chi connectivity index (χ0) is 36.2. The summed E-state index contributed by atoms with van der Waals surface area (Å²) in [6.45, 7) is 8.30. The predicted octanol–water partition coefficient (Wildman–Crippen LogP) is 10.1. The first-order chi connectivity index (χ1) is 23.8. The third kappa shape index (κ3) is 8.34. The summed E-state index contributed by atoms with van der Waals surface area (Å²) in [6, 6.07) is 20.7. The largest absolute Gasteiger partial charge is 0.462 e. The Kier molecular flexibility index (Phi) is 12.6. The molecule has 0 bridgehead atoms. The second-order valence-corrected chi connectivity index (χ2v) is 16.3. The summed E-state index contributed by atoms with van der Waals surface area (Å²) >= 11 is 10.2. The number of Topliss-reactive ketones (excluding diaryl/α,β-unsaturated/α-hetero) is 1. The molecule has 10 heteroatoms. The molecule has 5 rings (SSSR count). The van der Waals surface area contributed by atoms with Gasteiger partial charge in [0, 0.05) is 31.2 Å². The third-order valence-electron chi connectivity index (χ3n) is 10.5. The minimum absolute atomic E-state index is 0.0131. The molecule has 2 aliphatic carbocycles. The molecule has 1 saturated carbocycles. The maximum Gasteiger partial charge on any atom is 0.338 e. The van der Waals surface area contributed by atoms with Gasteiger partial charge in [-0.15, -0.1) is 0 Å². The van der Waals surface area contributed by atoms with Gasteiger partial charge in [-0.25, -0.2) is 14.4 Å². The number of ketones is 1. The van der Waals surface area contributed by atoms with Gasteiger partial charge in [0.15, 0.2) is 0 Å². The molecule has 0 N–H and O–H groups in total. The van der Waals surface area contributed by atoms with Crippen molar-refractivity contribution in [3.05, 3.63) is 115 Å². The molecule has 2 aliphatic rings. The van der Waals surface area contributed by atoms with Crippen LogP contribution in [0.3, 0.4) is 0 Å². The molecule has 7 nitrogen and oxygen atoms in total. The maximum atomic E-state index is 14.5. The van der Waals surface area contributed by atoms with Crippen LogP contribution in [-0.2, 0) is 19.0 Å². The Morgan fingerprint density at radius 2 is 1.24 bits per heavy atom. The van der Waals surface area contributed by atoms with Crippen molar-refractivity contribution in [1.82, 2.24) is 0 Å². The number of hydrogen-bond acceptors (Lipinski definition) is 7. The Balaban J connectivity index is 1.45. The normalized spacial score (nSPS) is 26.3. The van der Waals surface area contributed by atoms with Crippen molar-refractivity contribution in [2.45, 2.75) is 59.2 Å². The van der Waals surface area contributed by atoms with Crippen LogP contribution in [0.1, 0.15) is 78.0 Å². The van der Waals surface area contributed by atoms with Crippen LogP contribution in [0.15, 0.2) is 98.4 Å². The fraction of sp³-hybridized carbons (Fsp3) is 0.400. The van der Waals surface area contributed by atoms with Crippen molar-refractivity contribution in [3.8, 4) is 0 Å². The van der Waals surface area contributed by atoms with Crippen LogP contribution in [0.4, 0.5) is 0 Å². The molecule has 264 valence electrons. The number of carbonyl (C=O) groups excluding carboxylic acids is 4. The van der Waals surface area contributed by atoms with Gasteiger partial charge in [0.1, 0.15) is 18.0 Å². The zero-order valence-electron chi connectivity index (χ0n) is 28.4. The van der Waals surface area contributed by atoms with Crippen molar-refractivity contribution >= 4 is 71.5 Å². The monoisotopic (exact) mass is 870 g/mol. The summed E-state index contributed by atoms with van der Waals surface area (Å²) in [7, 11) is 0. The molecule has 3 aromatic rings. The van der Waals surface area contributed by atoms with Crippen LogP contribution < -0.4 is 0 Å². The molecule has 0 radical (unpaired) electrons. The van der Waals surface area contributed by atoms with Crippen molar-refractivity contribution in [1.29, 1.82) is 0 Å². The lowest BCUT2D eigenvalue weighted by Gasteiger charge is -2.56. The summed E-state index contributed by atoms with van der Waals surface area (Å²) in [5.41, 5.74) is 0.283. The first-order valence-corrected chi connectivity index (χ1v) is 19.3. The van der Waals surface area contributed by atoms with E-state index >= 15 is 0 Å². The van der Waals surface area contributed by atoms with Gasteiger partial charge < -0.3 is 14.2 Å². The number of benzene rings is 3. The standard InChI is InChI=1S/C40H41Br3O7/c1-5-23(2)32-19-18-31-35(40(32,4)34(44)20-21-48-37(45)25-6-12-28(41)13-7-25)24(3)22-33(49-38(46)26-8-14-29(42)15-9-26)36(31)50-39(47)27-10-16-30(43)17-11-27/h6-19,23-24,31-33,35-36H,5,20-22H2,1-4H3/t23-,24-,31-,32-,33+,35+,36+,40-/m1/s1. The second-order valence-electron chi connectivity index (χ2n) is 13.5. The Hall–Kier alpha value is -3.08. The van der Waals surface area contributed by atoms with Crippen molar-refractivity contribution in [2.75, 3.05) is 6.61 Å². The van der Waals surface area contributed by atoms with Gasteiger partial charge in [-0.05, 0) is 103 Å². The fourth-order valence-electron chi connectivity index (χ4n) is 7.79. The number of fused-ring (bicyclic) bond motifs is 1. The highest BCUT2D eigenvalue weighted by molar-refractivity contribution is 9.11. The highest BCUT2D eigenvalue weighted by atomic mass is 79.9. The van der Waals surface area contributed by atoms with Crippen LogP contribution in [0, 0.1) is 35.0 Å². The molecule has 0 saturated heterocycles. The number of carbonyl (C=O) groups is 4. The zero-order valence-corrected chi connectivity index (χ0v) is 33.2. The Morgan fingerprint density at radius 1 is 0.760 bits per heavy atom. The molecule has 0 amide bonds. The van der Waals surface area contributed by atoms with E-state index in [4.69, 9.17) is 14.2 Å². The molecule has 0 aliphatic heterocycles. The van der Waals surface area contributed by atoms with Gasteiger partial charge in [-0.3, -0.25) is 4.79 Å². The van der Waals surface area contributed by atoms with E-state index in [0.717, 1.165) is 19.8 Å². The van der Waals surface area contributed by atoms with Gasteiger partial charge in [-0.2, -0.15) is 0 Å². The van der Waals surface area contributed by atoms with E-state index in [0.29, 0.717) is 23.1 Å². The third-order valence-corrected chi connectivity index (χ3v) is 12.1. The predicted molar refractivity (Wildman–Crippen MR) is 202 cm³/mol. The lowest BCUT2D eigenvalue weighted by molar-refractivity contribution is -0.155. The van der Waals surface area contributed by atoms with E-state index in [-0.39, 0.29) is 42.5 Å². The Bertz CT molecular complexity index is 1720.